The van der Waals surface area contributed by atoms with E-state index in [9.17, 15) is 4.79 Å². The molecule has 1 aromatic heterocycles. The maximum absolute atomic E-state index is 10.6. The van der Waals surface area contributed by atoms with E-state index in [1.54, 1.807) is 0 Å². The Balaban J connectivity index is 3.20. The molecule has 0 radical (unpaired) electrons. The number of carboxylic acids is 1. The second-order valence-electron chi connectivity index (χ2n) is 2.76. The van der Waals surface area contributed by atoms with E-state index in [-0.39, 0.29) is 0 Å². The zero-order chi connectivity index (χ0) is 10.2. The molecule has 3 nitrogen and oxygen atoms in total. The van der Waals surface area contributed by atoms with Crippen LogP contribution in [0.15, 0.2) is 0 Å². The van der Waals surface area contributed by atoms with Crippen molar-refractivity contribution >= 4 is 28.9 Å². The average Bonchev–Trinajstić information content (AvgIpc) is 2.26. The summed E-state index contributed by atoms with van der Waals surface area (Å²) in [7, 11) is 0. The number of carbonyl (C=O) groups is 1. The molecule has 0 saturated heterocycles. The van der Waals surface area contributed by atoms with Crippen LogP contribution in [0.5, 0.6) is 0 Å². The van der Waals surface area contributed by atoms with Gasteiger partial charge < -0.3 is 10.8 Å². The molecule has 5 heteroatoms. The van der Waals surface area contributed by atoms with Crippen molar-refractivity contribution < 1.29 is 9.90 Å². The quantitative estimate of drug-likeness (QED) is 0.801. The SMILES string of the molecule is Cc1sc(C)c(C(N)C(=O)O)c1Cl. The average molecular weight is 220 g/mol. The number of hydrogen-bond acceptors (Lipinski definition) is 3. The monoisotopic (exact) mass is 219 g/mol. The molecule has 1 unspecified atom stereocenters. The van der Waals surface area contributed by atoms with Crippen LogP contribution in [-0.2, 0) is 4.79 Å². The van der Waals surface area contributed by atoms with Gasteiger partial charge in [0.1, 0.15) is 6.04 Å². The lowest BCUT2D eigenvalue weighted by Crippen LogP contribution is -2.21. The Kier molecular flexibility index (Phi) is 2.95. The van der Waals surface area contributed by atoms with Crippen LogP contribution in [0.3, 0.4) is 0 Å². The van der Waals surface area contributed by atoms with E-state index in [0.717, 1.165) is 9.75 Å². The number of carboxylic acid groups (broad SMARTS) is 1. The molecule has 0 aliphatic heterocycles. The van der Waals surface area contributed by atoms with Gasteiger partial charge in [-0.2, -0.15) is 0 Å². The number of hydrogen-bond donors (Lipinski definition) is 2. The number of aryl methyl sites for hydroxylation is 2. The molecule has 0 fully saturated rings. The summed E-state index contributed by atoms with van der Waals surface area (Å²) in [6.07, 6.45) is 0. The molecule has 0 aromatic carbocycles. The molecule has 1 aromatic rings. The predicted octanol–water partition coefficient (Wildman–Crippen LogP) is 2.10. The summed E-state index contributed by atoms with van der Waals surface area (Å²) in [4.78, 5) is 12.4. The first kappa shape index (κ1) is 10.5. The number of rotatable bonds is 2. The fourth-order valence-corrected chi connectivity index (χ4v) is 2.58. The van der Waals surface area contributed by atoms with Gasteiger partial charge in [0, 0.05) is 15.3 Å². The maximum Gasteiger partial charge on any atom is 0.325 e. The highest BCUT2D eigenvalue weighted by Crippen LogP contribution is 2.35. The van der Waals surface area contributed by atoms with Crippen LogP contribution in [0.2, 0.25) is 5.02 Å². The summed E-state index contributed by atoms with van der Waals surface area (Å²) >= 11 is 7.39. The number of halogens is 1. The van der Waals surface area contributed by atoms with E-state index in [4.69, 9.17) is 22.4 Å². The summed E-state index contributed by atoms with van der Waals surface area (Å²) in [5.74, 6) is -1.05. The van der Waals surface area contributed by atoms with Crippen LogP contribution < -0.4 is 5.73 Å². The molecule has 1 atom stereocenters. The van der Waals surface area contributed by atoms with Crippen LogP contribution >= 0.6 is 22.9 Å². The van der Waals surface area contributed by atoms with Crippen molar-refractivity contribution in [3.05, 3.63) is 20.3 Å². The van der Waals surface area contributed by atoms with Crippen LogP contribution in [0.4, 0.5) is 0 Å². The number of thiophene rings is 1. The Morgan fingerprint density at radius 1 is 1.54 bits per heavy atom. The van der Waals surface area contributed by atoms with Gasteiger partial charge in [0.15, 0.2) is 0 Å². The molecule has 0 amide bonds. The molecular formula is C8H10ClNO2S. The number of nitrogens with two attached hydrogens (primary N) is 1. The summed E-state index contributed by atoms with van der Waals surface area (Å²) in [5.41, 5.74) is 6.01. The third-order valence-electron chi connectivity index (χ3n) is 1.81. The first-order valence-electron chi connectivity index (χ1n) is 3.69. The van der Waals surface area contributed by atoms with Gasteiger partial charge in [0.25, 0.3) is 0 Å². The van der Waals surface area contributed by atoms with Crippen molar-refractivity contribution in [2.75, 3.05) is 0 Å². The highest BCUT2D eigenvalue weighted by molar-refractivity contribution is 7.12. The number of aliphatic carboxylic acids is 1. The molecule has 0 aliphatic carbocycles. The van der Waals surface area contributed by atoms with Gasteiger partial charge in [-0.1, -0.05) is 11.6 Å². The maximum atomic E-state index is 10.6. The van der Waals surface area contributed by atoms with Crippen molar-refractivity contribution in [2.45, 2.75) is 19.9 Å². The lowest BCUT2D eigenvalue weighted by atomic mass is 10.1. The Morgan fingerprint density at radius 3 is 2.38 bits per heavy atom. The second-order valence-corrected chi connectivity index (χ2v) is 4.56. The Labute approximate surface area is 85.1 Å². The van der Waals surface area contributed by atoms with Crippen LogP contribution in [0.1, 0.15) is 21.4 Å². The van der Waals surface area contributed by atoms with E-state index in [1.165, 1.54) is 11.3 Å². The van der Waals surface area contributed by atoms with Crippen molar-refractivity contribution in [3.8, 4) is 0 Å². The molecule has 3 N–H and O–H groups in total. The van der Waals surface area contributed by atoms with E-state index in [2.05, 4.69) is 0 Å². The standard InChI is InChI=1S/C8H10ClNO2S/c1-3-5(7(10)8(11)12)6(9)4(2)13-3/h7H,10H2,1-2H3,(H,11,12). The summed E-state index contributed by atoms with van der Waals surface area (Å²) < 4.78 is 0. The summed E-state index contributed by atoms with van der Waals surface area (Å²) in [6.45, 7) is 3.67. The highest BCUT2D eigenvalue weighted by atomic mass is 35.5. The Hall–Kier alpha value is -0.580. The fraction of sp³-hybridized carbons (Fsp3) is 0.375. The first-order chi connectivity index (χ1) is 5.95. The van der Waals surface area contributed by atoms with E-state index >= 15 is 0 Å². The smallest absolute Gasteiger partial charge is 0.325 e. The molecule has 0 bridgehead atoms. The van der Waals surface area contributed by atoms with E-state index in [1.807, 2.05) is 13.8 Å². The van der Waals surface area contributed by atoms with Crippen LogP contribution in [0, 0.1) is 13.8 Å². The minimum absolute atomic E-state index is 0.484. The van der Waals surface area contributed by atoms with Gasteiger partial charge >= 0.3 is 5.97 Å². The molecular weight excluding hydrogens is 210 g/mol. The fourth-order valence-electron chi connectivity index (χ4n) is 1.15. The normalized spacial score (nSPS) is 12.9. The zero-order valence-corrected chi connectivity index (χ0v) is 8.87. The third kappa shape index (κ3) is 1.85. The summed E-state index contributed by atoms with van der Waals surface area (Å²) in [5, 5.41) is 9.20. The van der Waals surface area contributed by atoms with Crippen molar-refractivity contribution in [1.82, 2.24) is 0 Å². The van der Waals surface area contributed by atoms with Crippen molar-refractivity contribution in [3.63, 3.8) is 0 Å². The van der Waals surface area contributed by atoms with Crippen LogP contribution in [-0.4, -0.2) is 11.1 Å². The summed E-state index contributed by atoms with van der Waals surface area (Å²) in [6, 6.07) is -1.02. The van der Waals surface area contributed by atoms with Crippen molar-refractivity contribution in [1.29, 1.82) is 0 Å². The topological polar surface area (TPSA) is 63.3 Å². The van der Waals surface area contributed by atoms with E-state index in [0.29, 0.717) is 10.6 Å². The largest absolute Gasteiger partial charge is 0.480 e. The zero-order valence-electron chi connectivity index (χ0n) is 7.30. The Bertz CT molecular complexity index is 348. The third-order valence-corrected chi connectivity index (χ3v) is 3.44. The minimum atomic E-state index is -1.05. The van der Waals surface area contributed by atoms with Crippen molar-refractivity contribution in [2.24, 2.45) is 5.73 Å². The molecule has 1 rings (SSSR count). The molecule has 13 heavy (non-hydrogen) atoms. The molecule has 0 aliphatic rings. The molecule has 1 heterocycles. The first-order valence-corrected chi connectivity index (χ1v) is 4.88. The predicted molar refractivity (Wildman–Crippen MR) is 53.4 cm³/mol. The minimum Gasteiger partial charge on any atom is -0.480 e. The Morgan fingerprint density at radius 2 is 2.08 bits per heavy atom. The van der Waals surface area contributed by atoms with Gasteiger partial charge in [-0.05, 0) is 13.8 Å². The molecule has 0 saturated carbocycles. The lowest BCUT2D eigenvalue weighted by molar-refractivity contribution is -0.138. The van der Waals surface area contributed by atoms with Gasteiger partial charge in [0.2, 0.25) is 0 Å². The van der Waals surface area contributed by atoms with E-state index < -0.39 is 12.0 Å². The molecule has 0 spiro atoms. The molecule has 72 valence electrons. The second kappa shape index (κ2) is 3.65. The van der Waals surface area contributed by atoms with Crippen LogP contribution in [0.25, 0.3) is 0 Å². The van der Waals surface area contributed by atoms with Gasteiger partial charge in [0.05, 0.1) is 5.02 Å². The highest BCUT2D eigenvalue weighted by Gasteiger charge is 2.22. The lowest BCUT2D eigenvalue weighted by Gasteiger charge is -2.06. The van der Waals surface area contributed by atoms with Gasteiger partial charge in [-0.3, -0.25) is 4.79 Å². The van der Waals surface area contributed by atoms with Gasteiger partial charge in [-0.25, -0.2) is 0 Å². The van der Waals surface area contributed by atoms with Gasteiger partial charge in [-0.15, -0.1) is 11.3 Å².